The number of hydrogen-bond donors (Lipinski definition) is 1. The molecule has 1 aliphatic heterocycles. The van der Waals surface area contributed by atoms with Crippen molar-refractivity contribution in [2.45, 2.75) is 33.1 Å². The number of ether oxygens (including phenoxy) is 1. The van der Waals surface area contributed by atoms with E-state index in [0.717, 1.165) is 25.2 Å². The van der Waals surface area contributed by atoms with Crippen LogP contribution in [0.25, 0.3) is 0 Å². The normalized spacial score (nSPS) is 16.3. The van der Waals surface area contributed by atoms with Crippen LogP contribution in [0.15, 0.2) is 39.8 Å². The van der Waals surface area contributed by atoms with E-state index < -0.39 is 0 Å². The van der Waals surface area contributed by atoms with Crippen molar-refractivity contribution < 1.29 is 9.26 Å². The molecule has 1 aromatic carbocycles. The molecular weight excluding hydrogens is 364 g/mol. The zero-order chi connectivity index (χ0) is 18.5. The number of benzene rings is 1. The van der Waals surface area contributed by atoms with Crippen molar-refractivity contribution in [3.63, 3.8) is 0 Å². The number of aliphatic imine (C=N–C) groups is 1. The van der Waals surface area contributed by atoms with Crippen LogP contribution in [-0.2, 0) is 11.2 Å². The molecule has 0 bridgehead atoms. The Morgan fingerprint density at radius 3 is 2.48 bits per heavy atom. The van der Waals surface area contributed by atoms with E-state index in [2.05, 4.69) is 55.2 Å². The summed E-state index contributed by atoms with van der Waals surface area (Å²) in [7, 11) is 0. The Morgan fingerprint density at radius 1 is 1.19 bits per heavy atom. The maximum atomic E-state index is 6.07. The fourth-order valence-corrected chi connectivity index (χ4v) is 3.10. The molecule has 2 N–H and O–H groups in total. The number of guanidine groups is 1. The zero-order valence-electron chi connectivity index (χ0n) is 16.2. The van der Waals surface area contributed by atoms with Gasteiger partial charge < -0.3 is 19.9 Å². The van der Waals surface area contributed by atoms with Crippen molar-refractivity contribution in [1.82, 2.24) is 10.1 Å². The third-order valence-electron chi connectivity index (χ3n) is 4.64. The Bertz CT molecular complexity index is 737. The first-order chi connectivity index (χ1) is 12.5. The molecule has 0 saturated carbocycles. The standard InChI is InChI=1S/C20H28N4O2.ClH/c1-14(2)12-16-4-6-17(7-5-16)15(3)18-13-19(26-23-18)22-20(21)24-8-10-25-11-9-24;/h4-7,13-15H,8-12H2,1-3H3,(H2,21,22);1H. The van der Waals surface area contributed by atoms with Gasteiger partial charge in [-0.2, -0.15) is 4.99 Å². The molecule has 148 valence electrons. The van der Waals surface area contributed by atoms with Gasteiger partial charge in [-0.15, -0.1) is 12.4 Å². The van der Waals surface area contributed by atoms with E-state index in [1.807, 2.05) is 11.0 Å². The molecule has 1 aromatic heterocycles. The molecular formula is C20H29ClN4O2. The smallest absolute Gasteiger partial charge is 0.253 e. The number of nitrogens with two attached hydrogens (primary N) is 1. The van der Waals surface area contributed by atoms with Gasteiger partial charge in [-0.3, -0.25) is 0 Å². The molecule has 1 saturated heterocycles. The van der Waals surface area contributed by atoms with Crippen molar-refractivity contribution in [2.24, 2.45) is 16.6 Å². The van der Waals surface area contributed by atoms with E-state index in [0.29, 0.717) is 31.0 Å². The summed E-state index contributed by atoms with van der Waals surface area (Å²) in [4.78, 5) is 6.35. The van der Waals surface area contributed by atoms with Crippen LogP contribution in [0.3, 0.4) is 0 Å². The lowest BCUT2D eigenvalue weighted by atomic mass is 9.95. The number of hydrogen-bond acceptors (Lipinski definition) is 4. The lowest BCUT2D eigenvalue weighted by Crippen LogP contribution is -2.44. The summed E-state index contributed by atoms with van der Waals surface area (Å²) in [5.41, 5.74) is 9.49. The molecule has 0 aliphatic carbocycles. The Kier molecular flexibility index (Phi) is 7.68. The predicted octanol–water partition coefficient (Wildman–Crippen LogP) is 3.73. The largest absolute Gasteiger partial charge is 0.378 e. The summed E-state index contributed by atoms with van der Waals surface area (Å²) < 4.78 is 10.7. The highest BCUT2D eigenvalue weighted by Gasteiger charge is 2.16. The highest BCUT2D eigenvalue weighted by molar-refractivity contribution is 5.85. The van der Waals surface area contributed by atoms with Gasteiger partial charge in [0.2, 0.25) is 0 Å². The molecule has 1 fully saturated rings. The van der Waals surface area contributed by atoms with Crippen molar-refractivity contribution in [1.29, 1.82) is 0 Å². The van der Waals surface area contributed by atoms with Gasteiger partial charge in [0.15, 0.2) is 5.96 Å². The van der Waals surface area contributed by atoms with Crippen LogP contribution in [0.5, 0.6) is 0 Å². The molecule has 2 heterocycles. The third kappa shape index (κ3) is 5.71. The highest BCUT2D eigenvalue weighted by atomic mass is 35.5. The van der Waals surface area contributed by atoms with Crippen LogP contribution in [-0.4, -0.2) is 42.3 Å². The molecule has 27 heavy (non-hydrogen) atoms. The number of morpholine rings is 1. The first-order valence-corrected chi connectivity index (χ1v) is 9.25. The van der Waals surface area contributed by atoms with Crippen LogP contribution in [0.1, 0.15) is 43.5 Å². The summed E-state index contributed by atoms with van der Waals surface area (Å²) in [5.74, 6) is 1.68. The summed E-state index contributed by atoms with van der Waals surface area (Å²) in [6, 6.07) is 10.6. The van der Waals surface area contributed by atoms with Gasteiger partial charge in [0, 0.05) is 25.1 Å². The maximum absolute atomic E-state index is 6.07. The monoisotopic (exact) mass is 392 g/mol. The minimum atomic E-state index is 0. The van der Waals surface area contributed by atoms with Crippen LogP contribution in [0.2, 0.25) is 0 Å². The first-order valence-electron chi connectivity index (χ1n) is 9.25. The number of aromatic nitrogens is 1. The molecule has 1 atom stereocenters. The van der Waals surface area contributed by atoms with Gasteiger partial charge in [0.05, 0.1) is 18.9 Å². The molecule has 1 unspecified atom stereocenters. The first kappa shape index (κ1) is 21.3. The van der Waals surface area contributed by atoms with Crippen molar-refractivity contribution in [2.75, 3.05) is 26.3 Å². The molecule has 6 nitrogen and oxygen atoms in total. The lowest BCUT2D eigenvalue weighted by Gasteiger charge is -2.27. The number of nitrogens with zero attached hydrogens (tertiary/aromatic N) is 3. The third-order valence-corrected chi connectivity index (χ3v) is 4.64. The second-order valence-electron chi connectivity index (χ2n) is 7.22. The van der Waals surface area contributed by atoms with Crippen LogP contribution in [0.4, 0.5) is 5.88 Å². The maximum Gasteiger partial charge on any atom is 0.253 e. The van der Waals surface area contributed by atoms with Crippen molar-refractivity contribution >= 4 is 24.3 Å². The Balaban J connectivity index is 0.00000261. The average molecular weight is 393 g/mol. The fraction of sp³-hybridized carbons (Fsp3) is 0.500. The molecule has 3 rings (SSSR count). The van der Waals surface area contributed by atoms with Crippen LogP contribution < -0.4 is 5.73 Å². The topological polar surface area (TPSA) is 76.9 Å². The van der Waals surface area contributed by atoms with Gasteiger partial charge in [-0.25, -0.2) is 0 Å². The number of rotatable bonds is 5. The van der Waals surface area contributed by atoms with Crippen molar-refractivity contribution in [3.8, 4) is 0 Å². The molecule has 1 aliphatic rings. The second-order valence-corrected chi connectivity index (χ2v) is 7.22. The van der Waals surface area contributed by atoms with E-state index in [9.17, 15) is 0 Å². The van der Waals surface area contributed by atoms with Crippen molar-refractivity contribution in [3.05, 3.63) is 47.2 Å². The van der Waals surface area contributed by atoms with Gasteiger partial charge >= 0.3 is 0 Å². The van der Waals surface area contributed by atoms with Gasteiger partial charge in [-0.05, 0) is 23.5 Å². The van der Waals surface area contributed by atoms with E-state index in [1.54, 1.807) is 0 Å². The minimum absolute atomic E-state index is 0. The lowest BCUT2D eigenvalue weighted by molar-refractivity contribution is 0.0675. The van der Waals surface area contributed by atoms with E-state index in [-0.39, 0.29) is 18.3 Å². The van der Waals surface area contributed by atoms with E-state index in [1.165, 1.54) is 11.1 Å². The Hall–Kier alpha value is -2.05. The summed E-state index contributed by atoms with van der Waals surface area (Å²) in [6.45, 7) is 9.41. The van der Waals surface area contributed by atoms with Gasteiger partial charge in [-0.1, -0.05) is 50.2 Å². The van der Waals surface area contributed by atoms with E-state index >= 15 is 0 Å². The molecule has 0 spiro atoms. The minimum Gasteiger partial charge on any atom is -0.378 e. The van der Waals surface area contributed by atoms with Gasteiger partial charge in [0.25, 0.3) is 5.88 Å². The van der Waals surface area contributed by atoms with Crippen LogP contribution >= 0.6 is 12.4 Å². The van der Waals surface area contributed by atoms with E-state index in [4.69, 9.17) is 15.0 Å². The average Bonchev–Trinajstić information content (AvgIpc) is 3.10. The summed E-state index contributed by atoms with van der Waals surface area (Å²) in [6.07, 6.45) is 1.10. The summed E-state index contributed by atoms with van der Waals surface area (Å²) >= 11 is 0. The molecule has 2 aromatic rings. The SMILES string of the molecule is CC(C)Cc1ccc(C(C)c2cc(/N=C(\N)N3CCOCC3)on2)cc1.Cl. The summed E-state index contributed by atoms with van der Waals surface area (Å²) in [5, 5.41) is 4.18. The second kappa shape index (κ2) is 9.76. The fourth-order valence-electron chi connectivity index (χ4n) is 3.10. The molecule has 0 amide bonds. The number of halogens is 1. The van der Waals surface area contributed by atoms with Gasteiger partial charge in [0.1, 0.15) is 0 Å². The predicted molar refractivity (Wildman–Crippen MR) is 110 cm³/mol. The quantitative estimate of drug-likeness (QED) is 0.619. The Labute approximate surface area is 167 Å². The molecule has 0 radical (unpaired) electrons. The van der Waals surface area contributed by atoms with Crippen LogP contribution in [0, 0.1) is 5.92 Å². The highest BCUT2D eigenvalue weighted by Crippen LogP contribution is 2.27. The zero-order valence-corrected chi connectivity index (χ0v) is 17.0. The Morgan fingerprint density at radius 2 is 1.85 bits per heavy atom. The molecule has 7 heteroatoms.